The molecule has 0 saturated carbocycles. The Morgan fingerprint density at radius 2 is 1.82 bits per heavy atom. The topological polar surface area (TPSA) is 101 Å². The van der Waals surface area contributed by atoms with Gasteiger partial charge < -0.3 is 24.1 Å². The zero-order valence-electron chi connectivity index (χ0n) is 18.5. The van der Waals surface area contributed by atoms with Crippen LogP contribution in [-0.4, -0.2) is 41.0 Å². The number of nitrogens with one attached hydrogen (secondary N) is 1. The van der Waals surface area contributed by atoms with Crippen LogP contribution in [0.2, 0.25) is 0 Å². The Labute approximate surface area is 195 Å². The second-order valence-electron chi connectivity index (χ2n) is 8.33. The number of fused-ring (bicyclic) bond motifs is 1. The van der Waals surface area contributed by atoms with Crippen molar-refractivity contribution in [1.29, 1.82) is 0 Å². The van der Waals surface area contributed by atoms with Gasteiger partial charge in [-0.1, -0.05) is 36.4 Å². The first-order chi connectivity index (χ1) is 16.4. The van der Waals surface area contributed by atoms with Crippen LogP contribution < -0.4 is 14.8 Å². The van der Waals surface area contributed by atoms with Crippen LogP contribution in [-0.2, 0) is 28.2 Å². The van der Waals surface area contributed by atoms with E-state index in [0.29, 0.717) is 29.4 Å². The van der Waals surface area contributed by atoms with Gasteiger partial charge in [0.2, 0.25) is 12.7 Å². The van der Waals surface area contributed by atoms with Crippen molar-refractivity contribution in [2.24, 2.45) is 0 Å². The Bertz CT molecular complexity index is 1230. The third-order valence-electron chi connectivity index (χ3n) is 6.01. The summed E-state index contributed by atoms with van der Waals surface area (Å²) in [5, 5.41) is 2.73. The molecule has 0 radical (unpaired) electrons. The van der Waals surface area contributed by atoms with Gasteiger partial charge in [-0.3, -0.25) is 14.5 Å². The van der Waals surface area contributed by atoms with Crippen molar-refractivity contribution in [2.45, 2.75) is 25.6 Å². The molecule has 0 bridgehead atoms. The van der Waals surface area contributed by atoms with Crippen molar-refractivity contribution in [3.8, 4) is 11.5 Å². The van der Waals surface area contributed by atoms with Gasteiger partial charge >= 0.3 is 6.03 Å². The van der Waals surface area contributed by atoms with E-state index in [1.165, 1.54) is 6.26 Å². The molecule has 3 aromatic rings. The highest BCUT2D eigenvalue weighted by Crippen LogP contribution is 2.37. The first kappa shape index (κ1) is 21.6. The van der Waals surface area contributed by atoms with Gasteiger partial charge in [-0.2, -0.15) is 0 Å². The molecule has 1 fully saturated rings. The minimum absolute atomic E-state index is 0.101. The van der Waals surface area contributed by atoms with Gasteiger partial charge in [-0.15, -0.1) is 0 Å². The number of carbonyl (C=O) groups excluding carboxylic acids is 3. The summed E-state index contributed by atoms with van der Waals surface area (Å²) in [6, 6.07) is 17.5. The number of ether oxygens (including phenoxy) is 2. The fourth-order valence-corrected chi connectivity index (χ4v) is 4.11. The zero-order chi connectivity index (χ0) is 23.7. The summed E-state index contributed by atoms with van der Waals surface area (Å²) in [6.45, 7) is 1.84. The molecular weight excluding hydrogens is 438 g/mol. The van der Waals surface area contributed by atoms with Crippen LogP contribution in [0.25, 0.3) is 0 Å². The summed E-state index contributed by atoms with van der Waals surface area (Å²) >= 11 is 0. The van der Waals surface area contributed by atoms with Crippen LogP contribution in [0.3, 0.4) is 0 Å². The number of carbonyl (C=O) groups is 3. The van der Waals surface area contributed by atoms with E-state index in [4.69, 9.17) is 13.9 Å². The molecule has 9 nitrogen and oxygen atoms in total. The fraction of sp³-hybridized carbons (Fsp3) is 0.240. The molecular formula is C25H23N3O6. The first-order valence-corrected chi connectivity index (χ1v) is 10.8. The molecule has 2 aliphatic rings. The van der Waals surface area contributed by atoms with Crippen molar-refractivity contribution < 1.29 is 28.3 Å². The second-order valence-corrected chi connectivity index (χ2v) is 8.33. The highest BCUT2D eigenvalue weighted by atomic mass is 16.7. The van der Waals surface area contributed by atoms with Gasteiger partial charge in [-0.05, 0) is 42.3 Å². The molecule has 3 heterocycles. The third kappa shape index (κ3) is 3.96. The van der Waals surface area contributed by atoms with Gasteiger partial charge in [0.05, 0.1) is 12.8 Å². The second kappa shape index (κ2) is 8.58. The molecule has 2 aromatic carbocycles. The van der Waals surface area contributed by atoms with Crippen LogP contribution in [0.1, 0.15) is 23.8 Å². The van der Waals surface area contributed by atoms with Crippen LogP contribution >= 0.6 is 0 Å². The molecule has 174 valence electrons. The maximum absolute atomic E-state index is 13.4. The van der Waals surface area contributed by atoms with Crippen molar-refractivity contribution >= 4 is 17.8 Å². The molecule has 1 saturated heterocycles. The van der Waals surface area contributed by atoms with E-state index in [1.807, 2.05) is 30.3 Å². The standard InChI is InChI=1S/C25H23N3O6/c1-25(18-9-10-20-21(12-18)34-16-33-20)23(30)28(24(31)26-25)15-22(29)27(14-19-8-5-11-32-19)13-17-6-3-2-4-7-17/h2-12H,13-16H2,1H3,(H,26,31)/t25-/m1/s1. The molecule has 2 aliphatic heterocycles. The smallest absolute Gasteiger partial charge is 0.325 e. The Hall–Kier alpha value is -4.27. The minimum atomic E-state index is -1.33. The number of urea groups is 1. The van der Waals surface area contributed by atoms with E-state index < -0.39 is 24.0 Å². The van der Waals surface area contributed by atoms with Crippen molar-refractivity contribution in [1.82, 2.24) is 15.1 Å². The van der Waals surface area contributed by atoms with Crippen molar-refractivity contribution in [2.75, 3.05) is 13.3 Å². The van der Waals surface area contributed by atoms with Crippen LogP contribution in [0.4, 0.5) is 4.79 Å². The summed E-state index contributed by atoms with van der Waals surface area (Å²) in [4.78, 5) is 42.0. The van der Waals surface area contributed by atoms with Crippen LogP contribution in [0.5, 0.6) is 11.5 Å². The predicted molar refractivity (Wildman–Crippen MR) is 120 cm³/mol. The number of furan rings is 1. The highest BCUT2D eigenvalue weighted by molar-refractivity contribution is 6.09. The normalized spacial score (nSPS) is 18.8. The lowest BCUT2D eigenvalue weighted by Gasteiger charge is -2.25. The largest absolute Gasteiger partial charge is 0.467 e. The monoisotopic (exact) mass is 461 g/mol. The Morgan fingerprint density at radius 1 is 1.03 bits per heavy atom. The van der Waals surface area contributed by atoms with Crippen LogP contribution in [0.15, 0.2) is 71.3 Å². The summed E-state index contributed by atoms with van der Waals surface area (Å²) < 4.78 is 16.1. The molecule has 4 amide bonds. The van der Waals surface area contributed by atoms with E-state index >= 15 is 0 Å². The SMILES string of the molecule is C[C@]1(c2ccc3c(c2)OCO3)NC(=O)N(CC(=O)N(Cc2ccccc2)Cc2ccco2)C1=O. The summed E-state index contributed by atoms with van der Waals surface area (Å²) in [7, 11) is 0. The van der Waals surface area contributed by atoms with E-state index in [2.05, 4.69) is 5.32 Å². The maximum atomic E-state index is 13.4. The van der Waals surface area contributed by atoms with E-state index in [9.17, 15) is 14.4 Å². The van der Waals surface area contributed by atoms with Crippen molar-refractivity contribution in [3.63, 3.8) is 0 Å². The molecule has 1 atom stereocenters. The number of imide groups is 1. The summed E-state index contributed by atoms with van der Waals surface area (Å²) in [5.41, 5.74) is 0.135. The highest BCUT2D eigenvalue weighted by Gasteiger charge is 2.50. The first-order valence-electron chi connectivity index (χ1n) is 10.8. The Kier molecular flexibility index (Phi) is 5.45. The van der Waals surface area contributed by atoms with Gasteiger partial charge in [0.25, 0.3) is 5.91 Å². The maximum Gasteiger partial charge on any atom is 0.325 e. The Balaban J connectivity index is 1.35. The van der Waals surface area contributed by atoms with Gasteiger partial charge in [-0.25, -0.2) is 4.79 Å². The molecule has 9 heteroatoms. The Morgan fingerprint density at radius 3 is 2.59 bits per heavy atom. The van der Waals surface area contributed by atoms with Gasteiger partial charge in [0.1, 0.15) is 17.8 Å². The molecule has 0 spiro atoms. The van der Waals surface area contributed by atoms with Gasteiger partial charge in [0, 0.05) is 6.54 Å². The lowest BCUT2D eigenvalue weighted by atomic mass is 9.91. The third-order valence-corrected chi connectivity index (χ3v) is 6.01. The van der Waals surface area contributed by atoms with E-state index in [-0.39, 0.29) is 19.2 Å². The number of benzene rings is 2. The lowest BCUT2D eigenvalue weighted by molar-refractivity contribution is -0.139. The van der Waals surface area contributed by atoms with E-state index in [1.54, 1.807) is 42.2 Å². The molecule has 1 N–H and O–H groups in total. The molecule has 1 aromatic heterocycles. The molecule has 34 heavy (non-hydrogen) atoms. The zero-order valence-corrected chi connectivity index (χ0v) is 18.5. The molecule has 0 aliphatic carbocycles. The number of nitrogens with zero attached hydrogens (tertiary/aromatic N) is 2. The number of hydrogen-bond acceptors (Lipinski definition) is 6. The predicted octanol–water partition coefficient (Wildman–Crippen LogP) is 3.00. The number of rotatable bonds is 7. The lowest BCUT2D eigenvalue weighted by Crippen LogP contribution is -2.44. The fourth-order valence-electron chi connectivity index (χ4n) is 4.11. The number of amides is 4. The summed E-state index contributed by atoms with van der Waals surface area (Å²) in [6.07, 6.45) is 1.54. The van der Waals surface area contributed by atoms with Crippen LogP contribution in [0, 0.1) is 0 Å². The minimum Gasteiger partial charge on any atom is -0.467 e. The molecule has 0 unspecified atom stereocenters. The van der Waals surface area contributed by atoms with E-state index in [0.717, 1.165) is 10.5 Å². The quantitative estimate of drug-likeness (QED) is 0.543. The number of hydrogen-bond donors (Lipinski definition) is 1. The molecule has 5 rings (SSSR count). The van der Waals surface area contributed by atoms with Gasteiger partial charge in [0.15, 0.2) is 11.5 Å². The van der Waals surface area contributed by atoms with Crippen molar-refractivity contribution in [3.05, 3.63) is 83.8 Å². The average molecular weight is 461 g/mol. The summed E-state index contributed by atoms with van der Waals surface area (Å²) in [5.74, 6) is 0.793. The average Bonchev–Trinajstić information content (AvgIpc) is 3.57.